The standard InChI is InChI=1S/C18H29N3/c19-13-18(11-14-6-7-15(18)10-14)12-16-8-9-21(20-16)17-4-2-1-3-5-17/h8-9,14-15,17H,1-7,10-13,19H2. The van der Waals surface area contributed by atoms with Crippen LogP contribution in [-0.2, 0) is 6.42 Å². The number of fused-ring (bicyclic) bond motifs is 2. The Kier molecular flexibility index (Phi) is 3.56. The van der Waals surface area contributed by atoms with Gasteiger partial charge in [0.1, 0.15) is 0 Å². The quantitative estimate of drug-likeness (QED) is 0.917. The molecule has 1 heterocycles. The molecule has 3 heteroatoms. The van der Waals surface area contributed by atoms with E-state index in [9.17, 15) is 0 Å². The number of hydrogen-bond acceptors (Lipinski definition) is 2. The Morgan fingerprint density at radius 1 is 1.19 bits per heavy atom. The molecule has 3 aliphatic rings. The van der Waals surface area contributed by atoms with Gasteiger partial charge in [-0.3, -0.25) is 4.68 Å². The maximum Gasteiger partial charge on any atom is 0.0630 e. The lowest BCUT2D eigenvalue weighted by molar-refractivity contribution is 0.169. The molecule has 116 valence electrons. The lowest BCUT2D eigenvalue weighted by Gasteiger charge is -2.36. The summed E-state index contributed by atoms with van der Waals surface area (Å²) in [5, 5.41) is 4.94. The van der Waals surface area contributed by atoms with Gasteiger partial charge in [-0.2, -0.15) is 5.10 Å². The Morgan fingerprint density at radius 2 is 2.05 bits per heavy atom. The fraction of sp³-hybridized carbons (Fsp3) is 0.833. The van der Waals surface area contributed by atoms with E-state index in [-0.39, 0.29) is 0 Å². The van der Waals surface area contributed by atoms with E-state index in [0.717, 1.165) is 24.8 Å². The number of nitrogens with zero attached hydrogens (tertiary/aromatic N) is 2. The molecule has 3 unspecified atom stereocenters. The molecule has 0 aromatic carbocycles. The molecule has 3 nitrogen and oxygen atoms in total. The summed E-state index contributed by atoms with van der Waals surface area (Å²) in [5.74, 6) is 1.83. The Labute approximate surface area is 128 Å². The van der Waals surface area contributed by atoms with Crippen molar-refractivity contribution in [1.82, 2.24) is 9.78 Å². The van der Waals surface area contributed by atoms with Crippen molar-refractivity contribution in [3.05, 3.63) is 18.0 Å². The minimum atomic E-state index is 0.370. The molecule has 4 rings (SSSR count). The van der Waals surface area contributed by atoms with Crippen LogP contribution in [0.25, 0.3) is 0 Å². The predicted molar refractivity (Wildman–Crippen MR) is 85.0 cm³/mol. The van der Waals surface area contributed by atoms with E-state index in [1.165, 1.54) is 63.5 Å². The van der Waals surface area contributed by atoms with Crippen LogP contribution in [0.2, 0.25) is 0 Å². The third-order valence-corrected chi connectivity index (χ3v) is 6.65. The van der Waals surface area contributed by atoms with Crippen molar-refractivity contribution in [2.75, 3.05) is 6.54 Å². The second kappa shape index (κ2) is 5.42. The Hall–Kier alpha value is -0.830. The highest BCUT2D eigenvalue weighted by Gasteiger charge is 2.50. The van der Waals surface area contributed by atoms with Gasteiger partial charge in [0, 0.05) is 6.20 Å². The first kappa shape index (κ1) is 13.8. The minimum absolute atomic E-state index is 0.370. The average Bonchev–Trinajstić information content (AvgIpc) is 3.24. The Morgan fingerprint density at radius 3 is 2.71 bits per heavy atom. The third-order valence-electron chi connectivity index (χ3n) is 6.65. The molecule has 0 radical (unpaired) electrons. The lowest BCUT2D eigenvalue weighted by atomic mass is 9.70. The molecule has 0 aliphatic heterocycles. The van der Waals surface area contributed by atoms with Gasteiger partial charge in [0.05, 0.1) is 11.7 Å². The van der Waals surface area contributed by atoms with Crippen LogP contribution in [-0.4, -0.2) is 16.3 Å². The second-order valence-corrected chi connectivity index (χ2v) is 7.90. The summed E-state index contributed by atoms with van der Waals surface area (Å²) >= 11 is 0. The predicted octanol–water partition coefficient (Wildman–Crippen LogP) is 3.70. The monoisotopic (exact) mass is 287 g/mol. The average molecular weight is 287 g/mol. The van der Waals surface area contributed by atoms with Gasteiger partial charge < -0.3 is 5.73 Å². The van der Waals surface area contributed by atoms with Gasteiger partial charge in [0.15, 0.2) is 0 Å². The molecule has 1 aromatic rings. The van der Waals surface area contributed by atoms with Gasteiger partial charge in [-0.15, -0.1) is 0 Å². The molecular formula is C18H29N3. The zero-order valence-corrected chi connectivity index (χ0v) is 13.1. The summed E-state index contributed by atoms with van der Waals surface area (Å²) in [6.45, 7) is 0.852. The van der Waals surface area contributed by atoms with Crippen molar-refractivity contribution in [2.24, 2.45) is 23.0 Å². The van der Waals surface area contributed by atoms with Crippen LogP contribution in [0.1, 0.15) is 69.5 Å². The van der Waals surface area contributed by atoms with Crippen LogP contribution in [0.5, 0.6) is 0 Å². The molecule has 1 aromatic heterocycles. The highest BCUT2D eigenvalue weighted by Crippen LogP contribution is 2.56. The number of hydrogen-bond donors (Lipinski definition) is 1. The van der Waals surface area contributed by atoms with Gasteiger partial charge in [-0.25, -0.2) is 0 Å². The Balaban J connectivity index is 1.48. The molecule has 3 atom stereocenters. The molecule has 21 heavy (non-hydrogen) atoms. The van der Waals surface area contributed by atoms with Gasteiger partial charge in [0.2, 0.25) is 0 Å². The van der Waals surface area contributed by atoms with Crippen LogP contribution in [0.15, 0.2) is 12.3 Å². The van der Waals surface area contributed by atoms with Crippen molar-refractivity contribution >= 4 is 0 Å². The van der Waals surface area contributed by atoms with Crippen molar-refractivity contribution in [3.63, 3.8) is 0 Å². The van der Waals surface area contributed by atoms with E-state index < -0.39 is 0 Å². The van der Waals surface area contributed by atoms with E-state index in [4.69, 9.17) is 10.8 Å². The van der Waals surface area contributed by atoms with Crippen LogP contribution in [0.4, 0.5) is 0 Å². The zero-order chi connectivity index (χ0) is 14.3. The smallest absolute Gasteiger partial charge is 0.0630 e. The van der Waals surface area contributed by atoms with Crippen molar-refractivity contribution < 1.29 is 0 Å². The van der Waals surface area contributed by atoms with Gasteiger partial charge in [-0.1, -0.05) is 25.7 Å². The summed E-state index contributed by atoms with van der Waals surface area (Å²) in [6.07, 6.45) is 15.8. The second-order valence-electron chi connectivity index (χ2n) is 7.90. The van der Waals surface area contributed by atoms with Crippen molar-refractivity contribution in [1.29, 1.82) is 0 Å². The lowest BCUT2D eigenvalue weighted by Crippen LogP contribution is -2.38. The normalized spacial score (nSPS) is 36.4. The topological polar surface area (TPSA) is 43.8 Å². The van der Waals surface area contributed by atoms with E-state index in [1.54, 1.807) is 0 Å². The fourth-order valence-electron chi connectivity index (χ4n) is 5.48. The van der Waals surface area contributed by atoms with Crippen LogP contribution in [0, 0.1) is 17.3 Å². The zero-order valence-electron chi connectivity index (χ0n) is 13.1. The van der Waals surface area contributed by atoms with Crippen LogP contribution in [0.3, 0.4) is 0 Å². The van der Waals surface area contributed by atoms with Crippen molar-refractivity contribution in [3.8, 4) is 0 Å². The number of aromatic nitrogens is 2. The first-order valence-corrected chi connectivity index (χ1v) is 9.03. The summed E-state index contributed by atoms with van der Waals surface area (Å²) < 4.78 is 2.26. The Bertz CT molecular complexity index is 488. The molecule has 0 saturated heterocycles. The first-order chi connectivity index (χ1) is 10.3. The van der Waals surface area contributed by atoms with E-state index in [0.29, 0.717) is 11.5 Å². The van der Waals surface area contributed by atoms with Gasteiger partial charge >= 0.3 is 0 Å². The molecule has 0 amide bonds. The number of nitrogens with two attached hydrogens (primary N) is 1. The molecule has 3 aliphatic carbocycles. The third kappa shape index (κ3) is 2.44. The highest BCUT2D eigenvalue weighted by atomic mass is 15.3. The molecule has 0 spiro atoms. The van der Waals surface area contributed by atoms with Gasteiger partial charge in [-0.05, 0) is 68.4 Å². The maximum absolute atomic E-state index is 6.22. The molecule has 3 saturated carbocycles. The van der Waals surface area contributed by atoms with E-state index in [2.05, 4.69) is 16.9 Å². The molecule has 2 N–H and O–H groups in total. The van der Waals surface area contributed by atoms with Gasteiger partial charge in [0.25, 0.3) is 0 Å². The largest absolute Gasteiger partial charge is 0.330 e. The molecular weight excluding hydrogens is 258 g/mol. The first-order valence-electron chi connectivity index (χ1n) is 9.03. The number of rotatable bonds is 4. The van der Waals surface area contributed by atoms with Crippen LogP contribution >= 0.6 is 0 Å². The molecule has 3 fully saturated rings. The SMILES string of the molecule is NCC1(Cc2ccn(C3CCCCC3)n2)CC2CCC1C2. The minimum Gasteiger partial charge on any atom is -0.330 e. The summed E-state index contributed by atoms with van der Waals surface area (Å²) in [5.41, 5.74) is 7.88. The fourth-order valence-corrected chi connectivity index (χ4v) is 5.48. The summed E-state index contributed by atoms with van der Waals surface area (Å²) in [4.78, 5) is 0. The molecule has 2 bridgehead atoms. The van der Waals surface area contributed by atoms with Crippen molar-refractivity contribution in [2.45, 2.75) is 70.3 Å². The highest BCUT2D eigenvalue weighted by molar-refractivity contribution is 5.10. The summed E-state index contributed by atoms with van der Waals surface area (Å²) in [7, 11) is 0. The van der Waals surface area contributed by atoms with E-state index >= 15 is 0 Å². The summed E-state index contributed by atoms with van der Waals surface area (Å²) in [6, 6.07) is 2.92. The maximum atomic E-state index is 6.22. The van der Waals surface area contributed by atoms with Crippen LogP contribution < -0.4 is 5.73 Å². The van der Waals surface area contributed by atoms with E-state index in [1.807, 2.05) is 0 Å².